The lowest BCUT2D eigenvalue weighted by molar-refractivity contribution is 0.0520. The normalized spacial score (nSPS) is 11.7. The molecule has 0 aliphatic heterocycles. The largest absolute Gasteiger partial charge is 0.492 e. The van der Waals surface area contributed by atoms with Crippen molar-refractivity contribution in [1.82, 2.24) is 20.1 Å². The van der Waals surface area contributed by atoms with E-state index >= 15 is 0 Å². The Balaban J connectivity index is 1.73. The predicted octanol–water partition coefficient (Wildman–Crippen LogP) is 4.07. The Bertz CT molecular complexity index is 1090. The maximum Gasteiger partial charge on any atom is 0.407 e. The second-order valence-electron chi connectivity index (χ2n) is 9.25. The number of nitrogens with zero attached hydrogens (tertiary/aromatic N) is 3. The molecule has 0 aliphatic rings. The third-order valence-corrected chi connectivity index (χ3v) is 4.70. The van der Waals surface area contributed by atoms with Crippen LogP contribution in [0.1, 0.15) is 40.3 Å². The van der Waals surface area contributed by atoms with Crippen molar-refractivity contribution in [2.24, 2.45) is 0 Å². The lowest BCUT2D eigenvalue weighted by atomic mass is 10.0. The Kier molecular flexibility index (Phi) is 7.46. The van der Waals surface area contributed by atoms with Crippen molar-refractivity contribution >= 4 is 6.09 Å². The van der Waals surface area contributed by atoms with Crippen LogP contribution in [0, 0.1) is 0 Å². The summed E-state index contributed by atoms with van der Waals surface area (Å²) >= 11 is 0. The van der Waals surface area contributed by atoms with Gasteiger partial charge < -0.3 is 24.6 Å². The molecule has 1 aromatic carbocycles. The molecule has 0 fully saturated rings. The van der Waals surface area contributed by atoms with Crippen molar-refractivity contribution in [3.8, 4) is 28.6 Å². The van der Waals surface area contributed by atoms with E-state index in [0.29, 0.717) is 30.5 Å². The van der Waals surface area contributed by atoms with E-state index < -0.39 is 17.3 Å². The second kappa shape index (κ2) is 10.1. The van der Waals surface area contributed by atoms with E-state index in [0.717, 1.165) is 16.9 Å². The molecular weight excluding hydrogens is 436 g/mol. The topological polar surface area (TPSA) is 108 Å². The first-order chi connectivity index (χ1) is 16.0. The van der Waals surface area contributed by atoms with Crippen LogP contribution >= 0.6 is 0 Å². The van der Waals surface area contributed by atoms with Crippen LogP contribution < -0.4 is 14.8 Å². The molecule has 182 valence electrons. The summed E-state index contributed by atoms with van der Waals surface area (Å²) in [7, 11) is 1.56. The maximum atomic E-state index is 11.7. The quantitative estimate of drug-likeness (QED) is 0.480. The summed E-state index contributed by atoms with van der Waals surface area (Å²) in [5.41, 5.74) is 1.30. The molecule has 2 aromatic heterocycles. The number of alkyl carbamates (subject to hydrolysis) is 1. The minimum Gasteiger partial charge on any atom is -0.492 e. The molecule has 0 saturated heterocycles. The standard InChI is InChI=1S/C25H32N4O5/c1-24(2,3)34-23(30)26-13-14-33-19-10-7-17(8-11-19)20-15-21(25(4,5)31)28-29(20)18-9-12-22(32-6)27-16-18/h7-12,15-16,31H,13-14H2,1-6H3,(H,26,30). The molecule has 34 heavy (non-hydrogen) atoms. The Morgan fingerprint density at radius 2 is 1.79 bits per heavy atom. The zero-order valence-corrected chi connectivity index (χ0v) is 20.5. The number of methoxy groups -OCH3 is 1. The third-order valence-electron chi connectivity index (χ3n) is 4.70. The average molecular weight is 469 g/mol. The Morgan fingerprint density at radius 1 is 1.09 bits per heavy atom. The number of ether oxygens (including phenoxy) is 3. The molecule has 0 saturated carbocycles. The van der Waals surface area contributed by atoms with Gasteiger partial charge in [-0.25, -0.2) is 14.5 Å². The van der Waals surface area contributed by atoms with Gasteiger partial charge in [-0.1, -0.05) is 0 Å². The summed E-state index contributed by atoms with van der Waals surface area (Å²) in [6, 6.07) is 13.0. The first kappa shape index (κ1) is 25.0. The molecule has 1 amide bonds. The number of benzene rings is 1. The van der Waals surface area contributed by atoms with Gasteiger partial charge in [-0.3, -0.25) is 0 Å². The van der Waals surface area contributed by atoms with Crippen LogP contribution in [-0.4, -0.2) is 51.8 Å². The van der Waals surface area contributed by atoms with Gasteiger partial charge in [0.15, 0.2) is 0 Å². The fourth-order valence-corrected chi connectivity index (χ4v) is 3.06. The summed E-state index contributed by atoms with van der Waals surface area (Å²) in [6.45, 7) is 9.44. The number of nitrogens with one attached hydrogen (secondary N) is 1. The number of carbonyl (C=O) groups excluding carboxylic acids is 1. The van der Waals surface area contributed by atoms with Gasteiger partial charge in [0, 0.05) is 11.6 Å². The smallest absolute Gasteiger partial charge is 0.407 e. The zero-order chi connectivity index (χ0) is 24.9. The van der Waals surface area contributed by atoms with Crippen LogP contribution in [0.4, 0.5) is 4.79 Å². The van der Waals surface area contributed by atoms with Crippen molar-refractivity contribution in [1.29, 1.82) is 0 Å². The van der Waals surface area contributed by atoms with E-state index in [1.807, 2.05) is 57.2 Å². The van der Waals surface area contributed by atoms with Crippen molar-refractivity contribution in [3.63, 3.8) is 0 Å². The van der Waals surface area contributed by atoms with E-state index in [-0.39, 0.29) is 0 Å². The number of hydrogen-bond donors (Lipinski definition) is 2. The highest BCUT2D eigenvalue weighted by Crippen LogP contribution is 2.30. The van der Waals surface area contributed by atoms with Crippen LogP contribution in [0.15, 0.2) is 48.7 Å². The highest BCUT2D eigenvalue weighted by molar-refractivity contribution is 5.67. The number of amides is 1. The van der Waals surface area contributed by atoms with E-state index in [4.69, 9.17) is 14.2 Å². The second-order valence-corrected chi connectivity index (χ2v) is 9.25. The summed E-state index contributed by atoms with van der Waals surface area (Å²) in [6.07, 6.45) is 1.19. The first-order valence-corrected chi connectivity index (χ1v) is 11.0. The van der Waals surface area contributed by atoms with Crippen molar-refractivity contribution < 1.29 is 24.1 Å². The van der Waals surface area contributed by atoms with Gasteiger partial charge in [-0.2, -0.15) is 5.10 Å². The molecule has 2 N–H and O–H groups in total. The summed E-state index contributed by atoms with van der Waals surface area (Å²) in [5.74, 6) is 1.16. The fourth-order valence-electron chi connectivity index (χ4n) is 3.06. The maximum absolute atomic E-state index is 11.7. The lowest BCUT2D eigenvalue weighted by Gasteiger charge is -2.19. The van der Waals surface area contributed by atoms with Gasteiger partial charge in [0.05, 0.1) is 36.9 Å². The van der Waals surface area contributed by atoms with E-state index in [1.165, 1.54) is 0 Å². The number of hydrogen-bond acceptors (Lipinski definition) is 7. The van der Waals surface area contributed by atoms with Crippen LogP contribution in [0.5, 0.6) is 11.6 Å². The Labute approximate surface area is 199 Å². The molecule has 2 heterocycles. The average Bonchev–Trinajstić information content (AvgIpc) is 3.22. The monoisotopic (exact) mass is 468 g/mol. The fraction of sp³-hybridized carbons (Fsp3) is 0.400. The number of rotatable bonds is 8. The zero-order valence-electron chi connectivity index (χ0n) is 20.5. The molecule has 0 bridgehead atoms. The summed E-state index contributed by atoms with van der Waals surface area (Å²) in [5, 5.41) is 17.8. The van der Waals surface area contributed by atoms with Crippen LogP contribution in [-0.2, 0) is 10.3 Å². The van der Waals surface area contributed by atoms with Crippen molar-refractivity contribution in [2.75, 3.05) is 20.3 Å². The Morgan fingerprint density at radius 3 is 2.35 bits per heavy atom. The van der Waals surface area contributed by atoms with Gasteiger partial charge in [0.25, 0.3) is 0 Å². The highest BCUT2D eigenvalue weighted by atomic mass is 16.6. The molecule has 9 nitrogen and oxygen atoms in total. The van der Waals surface area contributed by atoms with Crippen LogP contribution in [0.3, 0.4) is 0 Å². The molecule has 3 rings (SSSR count). The first-order valence-electron chi connectivity index (χ1n) is 11.0. The van der Waals surface area contributed by atoms with Gasteiger partial charge in [-0.15, -0.1) is 0 Å². The minimum absolute atomic E-state index is 0.302. The van der Waals surface area contributed by atoms with Gasteiger partial charge in [-0.05, 0) is 71.0 Å². The predicted molar refractivity (Wildman–Crippen MR) is 128 cm³/mol. The molecule has 0 atom stereocenters. The van der Waals surface area contributed by atoms with Gasteiger partial charge in [0.2, 0.25) is 5.88 Å². The number of aromatic nitrogens is 3. The molecule has 3 aromatic rings. The molecule has 0 unspecified atom stereocenters. The Hall–Kier alpha value is -3.59. The van der Waals surface area contributed by atoms with Crippen LogP contribution in [0.25, 0.3) is 16.9 Å². The van der Waals surface area contributed by atoms with E-state index in [9.17, 15) is 9.90 Å². The number of pyridine rings is 1. The van der Waals surface area contributed by atoms with E-state index in [2.05, 4.69) is 15.4 Å². The third kappa shape index (κ3) is 6.71. The van der Waals surface area contributed by atoms with Crippen molar-refractivity contribution in [3.05, 3.63) is 54.4 Å². The van der Waals surface area contributed by atoms with E-state index in [1.54, 1.807) is 37.9 Å². The molecule has 0 radical (unpaired) electrons. The molecule has 0 aliphatic carbocycles. The highest BCUT2D eigenvalue weighted by Gasteiger charge is 2.23. The summed E-state index contributed by atoms with van der Waals surface area (Å²) < 4.78 is 17.8. The van der Waals surface area contributed by atoms with Crippen molar-refractivity contribution in [2.45, 2.75) is 45.8 Å². The van der Waals surface area contributed by atoms with Crippen LogP contribution in [0.2, 0.25) is 0 Å². The molecule has 0 spiro atoms. The van der Waals surface area contributed by atoms with Gasteiger partial charge >= 0.3 is 6.09 Å². The molecule has 9 heteroatoms. The minimum atomic E-state index is -1.11. The SMILES string of the molecule is COc1ccc(-n2nc(C(C)(C)O)cc2-c2ccc(OCCNC(=O)OC(C)(C)C)cc2)cn1. The number of aliphatic hydroxyl groups is 1. The van der Waals surface area contributed by atoms with Gasteiger partial charge in [0.1, 0.15) is 23.6 Å². The molecular formula is C25H32N4O5. The summed E-state index contributed by atoms with van der Waals surface area (Å²) in [4.78, 5) is 16.0. The lowest BCUT2D eigenvalue weighted by Crippen LogP contribution is -2.34. The number of carbonyl (C=O) groups is 1.